The number of fused-ring (bicyclic) bond motifs is 1. The van der Waals surface area contributed by atoms with E-state index in [9.17, 15) is 0 Å². The van der Waals surface area contributed by atoms with Crippen molar-refractivity contribution in [3.63, 3.8) is 0 Å². The highest BCUT2D eigenvalue weighted by molar-refractivity contribution is 5.86. The van der Waals surface area contributed by atoms with Crippen LogP contribution in [0.4, 0.5) is 0 Å². The molecule has 0 nitrogen and oxygen atoms in total. The van der Waals surface area contributed by atoms with Gasteiger partial charge in [-0.05, 0) is 52.9 Å². The minimum Gasteiger partial charge on any atom is -0.0616 e. The van der Waals surface area contributed by atoms with Gasteiger partial charge in [-0.1, -0.05) is 66.7 Å². The van der Waals surface area contributed by atoms with E-state index in [0.29, 0.717) is 0 Å². The second-order valence-electron chi connectivity index (χ2n) is 5.28. The fourth-order valence-electron chi connectivity index (χ4n) is 2.37. The molecule has 0 bridgehead atoms. The molecule has 3 rings (SSSR count). The first-order valence-corrected chi connectivity index (χ1v) is 6.96. The third-order valence-electron chi connectivity index (χ3n) is 3.77. The van der Waals surface area contributed by atoms with Gasteiger partial charge >= 0.3 is 0 Å². The van der Waals surface area contributed by atoms with Crippen molar-refractivity contribution in [3.05, 3.63) is 82.9 Å². The molecule has 0 aromatic heterocycles. The van der Waals surface area contributed by atoms with Gasteiger partial charge in [-0.3, -0.25) is 0 Å². The van der Waals surface area contributed by atoms with Crippen molar-refractivity contribution >= 4 is 22.9 Å². The minimum atomic E-state index is 1.24. The fraction of sp³-hybridized carbons (Fsp3) is 0.100. The molecule has 0 spiro atoms. The Kier molecular flexibility index (Phi) is 3.39. The van der Waals surface area contributed by atoms with Gasteiger partial charge in [0.15, 0.2) is 0 Å². The van der Waals surface area contributed by atoms with Crippen LogP contribution in [-0.4, -0.2) is 0 Å². The van der Waals surface area contributed by atoms with Gasteiger partial charge in [0.1, 0.15) is 0 Å². The molecule has 0 aliphatic heterocycles. The summed E-state index contributed by atoms with van der Waals surface area (Å²) in [5.74, 6) is 0. The molecule has 0 aliphatic rings. The summed E-state index contributed by atoms with van der Waals surface area (Å²) in [7, 11) is 0. The Morgan fingerprint density at radius 2 is 1.25 bits per heavy atom. The van der Waals surface area contributed by atoms with Crippen LogP contribution in [-0.2, 0) is 0 Å². The van der Waals surface area contributed by atoms with Gasteiger partial charge in [-0.2, -0.15) is 0 Å². The highest BCUT2D eigenvalue weighted by atomic mass is 14.0. The lowest BCUT2D eigenvalue weighted by molar-refractivity contribution is 1.33. The highest BCUT2D eigenvalue weighted by Gasteiger charge is 1.95. The lowest BCUT2D eigenvalue weighted by atomic mass is 10.0. The quantitative estimate of drug-likeness (QED) is 0.523. The zero-order valence-corrected chi connectivity index (χ0v) is 11.9. The van der Waals surface area contributed by atoms with Crippen molar-refractivity contribution in [2.45, 2.75) is 13.8 Å². The molecule has 0 saturated heterocycles. The molecule has 0 N–H and O–H groups in total. The first-order valence-electron chi connectivity index (χ1n) is 6.96. The van der Waals surface area contributed by atoms with Gasteiger partial charge in [0, 0.05) is 0 Å². The van der Waals surface area contributed by atoms with E-state index in [1.54, 1.807) is 0 Å². The molecular formula is C20H18. The van der Waals surface area contributed by atoms with E-state index < -0.39 is 0 Å². The first kappa shape index (κ1) is 12.7. The second kappa shape index (κ2) is 5.34. The van der Waals surface area contributed by atoms with E-state index in [0.717, 1.165) is 0 Å². The standard InChI is InChI=1S/C20H18/c1-15-7-8-17(13-16(15)2)9-10-18-11-12-19-5-3-4-6-20(19)14-18/h3-14H,1-2H3/b10-9+. The highest BCUT2D eigenvalue weighted by Crippen LogP contribution is 2.18. The van der Waals surface area contributed by atoms with Crippen molar-refractivity contribution in [2.24, 2.45) is 0 Å². The van der Waals surface area contributed by atoms with E-state index in [1.165, 1.54) is 33.0 Å². The molecule has 0 unspecified atom stereocenters. The Hall–Kier alpha value is -2.34. The van der Waals surface area contributed by atoms with Crippen LogP contribution in [0.25, 0.3) is 22.9 Å². The van der Waals surface area contributed by atoms with E-state index in [1.807, 2.05) is 0 Å². The third kappa shape index (κ3) is 2.65. The molecule has 0 aliphatic carbocycles. The summed E-state index contributed by atoms with van der Waals surface area (Å²) in [6.07, 6.45) is 4.35. The average Bonchev–Trinajstić information content (AvgIpc) is 2.48. The Balaban J connectivity index is 1.91. The predicted molar refractivity (Wildman–Crippen MR) is 88.8 cm³/mol. The molecule has 3 aromatic carbocycles. The van der Waals surface area contributed by atoms with E-state index in [-0.39, 0.29) is 0 Å². The molecule has 3 aromatic rings. The van der Waals surface area contributed by atoms with Crippen LogP contribution < -0.4 is 0 Å². The largest absolute Gasteiger partial charge is 0.0616 e. The number of rotatable bonds is 2. The summed E-state index contributed by atoms with van der Waals surface area (Å²) in [5, 5.41) is 2.57. The molecule has 0 heteroatoms. The second-order valence-corrected chi connectivity index (χ2v) is 5.28. The molecule has 0 saturated carbocycles. The van der Waals surface area contributed by atoms with Crippen LogP contribution >= 0.6 is 0 Å². The Labute approximate surface area is 120 Å². The van der Waals surface area contributed by atoms with Gasteiger partial charge in [0.05, 0.1) is 0 Å². The maximum absolute atomic E-state index is 2.23. The molecule has 0 amide bonds. The SMILES string of the molecule is Cc1ccc(/C=C/c2ccc3ccccc3c2)cc1C. The van der Waals surface area contributed by atoms with Gasteiger partial charge in [-0.25, -0.2) is 0 Å². The summed E-state index contributed by atoms with van der Waals surface area (Å²) in [6, 6.07) is 21.6. The number of benzene rings is 3. The summed E-state index contributed by atoms with van der Waals surface area (Å²) >= 11 is 0. The Morgan fingerprint density at radius 3 is 2.00 bits per heavy atom. The monoisotopic (exact) mass is 258 g/mol. The van der Waals surface area contributed by atoms with Crippen molar-refractivity contribution in [3.8, 4) is 0 Å². The topological polar surface area (TPSA) is 0 Å². The zero-order valence-electron chi connectivity index (χ0n) is 11.9. The van der Waals surface area contributed by atoms with E-state index in [2.05, 4.69) is 86.7 Å². The van der Waals surface area contributed by atoms with Crippen LogP contribution in [0.5, 0.6) is 0 Å². The average molecular weight is 258 g/mol. The van der Waals surface area contributed by atoms with Crippen molar-refractivity contribution in [2.75, 3.05) is 0 Å². The number of hydrogen-bond acceptors (Lipinski definition) is 0. The Morgan fingerprint density at radius 1 is 0.600 bits per heavy atom. The van der Waals surface area contributed by atoms with Crippen LogP contribution in [0.15, 0.2) is 60.7 Å². The zero-order chi connectivity index (χ0) is 13.9. The van der Waals surface area contributed by atoms with Crippen LogP contribution in [0.1, 0.15) is 22.3 Å². The summed E-state index contributed by atoms with van der Waals surface area (Å²) < 4.78 is 0. The van der Waals surface area contributed by atoms with E-state index >= 15 is 0 Å². The molecule has 0 fully saturated rings. The first-order chi connectivity index (χ1) is 9.72. The molecule has 20 heavy (non-hydrogen) atoms. The van der Waals surface area contributed by atoms with Crippen LogP contribution in [0.3, 0.4) is 0 Å². The molecule has 0 atom stereocenters. The molecule has 0 radical (unpaired) electrons. The van der Waals surface area contributed by atoms with Crippen LogP contribution in [0.2, 0.25) is 0 Å². The smallest absolute Gasteiger partial charge is 0.0178 e. The summed E-state index contributed by atoms with van der Waals surface area (Å²) in [4.78, 5) is 0. The van der Waals surface area contributed by atoms with Gasteiger partial charge in [-0.15, -0.1) is 0 Å². The lowest BCUT2D eigenvalue weighted by Crippen LogP contribution is -1.81. The minimum absolute atomic E-state index is 1.24. The van der Waals surface area contributed by atoms with Crippen molar-refractivity contribution in [1.29, 1.82) is 0 Å². The van der Waals surface area contributed by atoms with E-state index in [4.69, 9.17) is 0 Å². The maximum Gasteiger partial charge on any atom is -0.0178 e. The lowest BCUT2D eigenvalue weighted by Gasteiger charge is -2.02. The fourth-order valence-corrected chi connectivity index (χ4v) is 2.37. The van der Waals surface area contributed by atoms with Crippen molar-refractivity contribution < 1.29 is 0 Å². The molecular weight excluding hydrogens is 240 g/mol. The van der Waals surface area contributed by atoms with Crippen molar-refractivity contribution in [1.82, 2.24) is 0 Å². The maximum atomic E-state index is 2.23. The summed E-state index contributed by atoms with van der Waals surface area (Å²) in [5.41, 5.74) is 5.17. The predicted octanol–water partition coefficient (Wildman–Crippen LogP) is 5.63. The third-order valence-corrected chi connectivity index (χ3v) is 3.77. The number of aryl methyl sites for hydroxylation is 2. The summed E-state index contributed by atoms with van der Waals surface area (Å²) in [6.45, 7) is 4.30. The van der Waals surface area contributed by atoms with Gasteiger partial charge < -0.3 is 0 Å². The van der Waals surface area contributed by atoms with Crippen LogP contribution in [0, 0.1) is 13.8 Å². The normalized spacial score (nSPS) is 11.3. The van der Waals surface area contributed by atoms with Gasteiger partial charge in [0.2, 0.25) is 0 Å². The molecule has 0 heterocycles. The molecule has 98 valence electrons. The van der Waals surface area contributed by atoms with Gasteiger partial charge in [0.25, 0.3) is 0 Å². The Bertz CT molecular complexity index is 779. The number of hydrogen-bond donors (Lipinski definition) is 0.